The predicted molar refractivity (Wildman–Crippen MR) is 29.0 cm³/mol. The number of anilines is 1. The van der Waals surface area contributed by atoms with Gasteiger partial charge < -0.3 is 0 Å². The molecule has 0 aliphatic carbocycles. The second kappa shape index (κ2) is 2.68. The Bertz CT molecular complexity index is 267. The number of hydrogen-bond acceptors (Lipinski definition) is 5. The van der Waals surface area contributed by atoms with Crippen LogP contribution < -0.4 is 5.32 Å². The molecule has 1 N–H and O–H groups in total. The van der Waals surface area contributed by atoms with E-state index >= 15 is 0 Å². The van der Waals surface area contributed by atoms with E-state index in [0.29, 0.717) is 0 Å². The van der Waals surface area contributed by atoms with E-state index in [2.05, 4.69) is 20.3 Å². The molecular weight excluding hydrogens is 137 g/mol. The molecule has 0 aromatic carbocycles. The minimum absolute atomic E-state index is 0.0880. The van der Waals surface area contributed by atoms with Gasteiger partial charge >= 0.3 is 6.08 Å². The molecule has 0 fully saturated rings. The zero-order chi connectivity index (χ0) is 7.40. The van der Waals surface area contributed by atoms with Gasteiger partial charge in [-0.1, -0.05) is 0 Å². The van der Waals surface area contributed by atoms with E-state index in [1.807, 2.05) is 0 Å². The molecular formula is C4H2FN5. The van der Waals surface area contributed by atoms with Crippen LogP contribution in [0.25, 0.3) is 0 Å². The Balaban J connectivity index is 2.87. The van der Waals surface area contributed by atoms with Crippen LogP contribution in [0.1, 0.15) is 0 Å². The standard InChI is InChI=1S/C4H2FN5/c5-3-8-2-9-4(10-3)7-1-6/h2H,(H,7,8,9,10). The van der Waals surface area contributed by atoms with Crippen molar-refractivity contribution < 1.29 is 4.39 Å². The highest BCUT2D eigenvalue weighted by Gasteiger charge is 1.95. The van der Waals surface area contributed by atoms with Gasteiger partial charge in [0.05, 0.1) is 0 Å². The van der Waals surface area contributed by atoms with Crippen molar-refractivity contribution in [2.75, 3.05) is 5.32 Å². The second-order valence-electron chi connectivity index (χ2n) is 1.31. The molecule has 6 heteroatoms. The number of nitrogens with one attached hydrogen (secondary N) is 1. The van der Waals surface area contributed by atoms with Gasteiger partial charge in [0, 0.05) is 0 Å². The van der Waals surface area contributed by atoms with Gasteiger partial charge in [0.15, 0.2) is 6.19 Å². The molecule has 1 heterocycles. The molecule has 0 aliphatic heterocycles. The molecule has 0 spiro atoms. The molecule has 0 bridgehead atoms. The number of aromatic nitrogens is 3. The van der Waals surface area contributed by atoms with Gasteiger partial charge in [-0.05, 0) is 0 Å². The van der Waals surface area contributed by atoms with Crippen LogP contribution in [0.3, 0.4) is 0 Å². The third kappa shape index (κ3) is 1.35. The van der Waals surface area contributed by atoms with E-state index in [-0.39, 0.29) is 5.95 Å². The Morgan fingerprint density at radius 3 is 3.00 bits per heavy atom. The first-order chi connectivity index (χ1) is 4.83. The summed E-state index contributed by atoms with van der Waals surface area (Å²) < 4.78 is 12.1. The summed E-state index contributed by atoms with van der Waals surface area (Å²) in [5.74, 6) is -0.0880. The number of rotatable bonds is 1. The van der Waals surface area contributed by atoms with Gasteiger partial charge in [-0.3, -0.25) is 5.32 Å². The fraction of sp³-hybridized carbons (Fsp3) is 0. The number of halogens is 1. The van der Waals surface area contributed by atoms with Crippen molar-refractivity contribution in [2.45, 2.75) is 0 Å². The second-order valence-corrected chi connectivity index (χ2v) is 1.31. The molecule has 0 atom stereocenters. The summed E-state index contributed by atoms with van der Waals surface area (Å²) in [6, 6.07) is 0. The lowest BCUT2D eigenvalue weighted by Crippen LogP contribution is -1.98. The van der Waals surface area contributed by atoms with E-state index in [1.165, 1.54) is 0 Å². The first-order valence-corrected chi connectivity index (χ1v) is 2.32. The fourth-order valence-electron chi connectivity index (χ4n) is 0.387. The summed E-state index contributed by atoms with van der Waals surface area (Å²) in [6.45, 7) is 0. The molecule has 0 saturated carbocycles. The van der Waals surface area contributed by atoms with E-state index in [4.69, 9.17) is 5.26 Å². The van der Waals surface area contributed by atoms with Gasteiger partial charge in [-0.25, -0.2) is 4.98 Å². The van der Waals surface area contributed by atoms with Crippen molar-refractivity contribution in [3.63, 3.8) is 0 Å². The first-order valence-electron chi connectivity index (χ1n) is 2.32. The highest BCUT2D eigenvalue weighted by atomic mass is 19.1. The Morgan fingerprint density at radius 1 is 1.60 bits per heavy atom. The van der Waals surface area contributed by atoms with Crippen LogP contribution in [0.15, 0.2) is 6.33 Å². The van der Waals surface area contributed by atoms with Gasteiger partial charge in [0.25, 0.3) is 0 Å². The van der Waals surface area contributed by atoms with Crippen molar-refractivity contribution >= 4 is 5.95 Å². The Hall–Kier alpha value is -1.77. The van der Waals surface area contributed by atoms with Crippen molar-refractivity contribution in [3.8, 4) is 6.19 Å². The molecule has 1 aromatic heterocycles. The van der Waals surface area contributed by atoms with Gasteiger partial charge in [-0.15, -0.1) is 0 Å². The summed E-state index contributed by atoms with van der Waals surface area (Å²) >= 11 is 0. The lowest BCUT2D eigenvalue weighted by atomic mass is 10.9. The maximum atomic E-state index is 12.1. The van der Waals surface area contributed by atoms with Crippen molar-refractivity contribution in [1.82, 2.24) is 15.0 Å². The summed E-state index contributed by atoms with van der Waals surface area (Å²) in [6.07, 6.45) is 1.61. The van der Waals surface area contributed by atoms with Crippen LogP contribution in [-0.2, 0) is 0 Å². The highest BCUT2D eigenvalue weighted by Crippen LogP contribution is 1.92. The molecule has 0 amide bonds. The molecule has 0 radical (unpaired) electrons. The maximum absolute atomic E-state index is 12.1. The minimum atomic E-state index is -0.909. The van der Waals surface area contributed by atoms with Crippen LogP contribution in [-0.4, -0.2) is 15.0 Å². The van der Waals surface area contributed by atoms with Gasteiger partial charge in [-0.2, -0.15) is 19.6 Å². The molecule has 1 aromatic rings. The predicted octanol–water partition coefficient (Wildman–Crippen LogP) is -0.0963. The van der Waals surface area contributed by atoms with E-state index in [1.54, 1.807) is 6.19 Å². The highest BCUT2D eigenvalue weighted by molar-refractivity contribution is 5.26. The van der Waals surface area contributed by atoms with E-state index in [0.717, 1.165) is 6.33 Å². The monoisotopic (exact) mass is 139 g/mol. The smallest absolute Gasteiger partial charge is 0.261 e. The third-order valence-electron chi connectivity index (χ3n) is 0.710. The number of hydrogen-bond donors (Lipinski definition) is 1. The van der Waals surface area contributed by atoms with E-state index < -0.39 is 6.08 Å². The third-order valence-corrected chi connectivity index (χ3v) is 0.710. The normalized spacial score (nSPS) is 8.40. The molecule has 0 unspecified atom stereocenters. The van der Waals surface area contributed by atoms with Gasteiger partial charge in [0.2, 0.25) is 5.95 Å². The fourth-order valence-corrected chi connectivity index (χ4v) is 0.387. The largest absolute Gasteiger partial charge is 0.313 e. The summed E-state index contributed by atoms with van der Waals surface area (Å²) in [5, 5.41) is 10.1. The molecule has 50 valence electrons. The molecule has 0 saturated heterocycles. The SMILES string of the molecule is N#CNc1ncnc(F)n1. The van der Waals surface area contributed by atoms with Crippen LogP contribution in [0.4, 0.5) is 10.3 Å². The Morgan fingerprint density at radius 2 is 2.40 bits per heavy atom. The van der Waals surface area contributed by atoms with Crippen molar-refractivity contribution in [3.05, 3.63) is 12.4 Å². The summed E-state index contributed by atoms with van der Waals surface area (Å²) in [4.78, 5) is 9.66. The number of nitrogens with zero attached hydrogens (tertiary/aromatic N) is 4. The average molecular weight is 139 g/mol. The van der Waals surface area contributed by atoms with E-state index in [9.17, 15) is 4.39 Å². The summed E-state index contributed by atoms with van der Waals surface area (Å²) in [7, 11) is 0. The molecule has 1 rings (SSSR count). The lowest BCUT2D eigenvalue weighted by molar-refractivity contribution is 0.534. The lowest BCUT2D eigenvalue weighted by Gasteiger charge is -1.90. The maximum Gasteiger partial charge on any atom is 0.313 e. The van der Waals surface area contributed by atoms with Crippen LogP contribution in [0, 0.1) is 17.5 Å². The van der Waals surface area contributed by atoms with Crippen LogP contribution in [0.2, 0.25) is 0 Å². The zero-order valence-electron chi connectivity index (χ0n) is 4.74. The van der Waals surface area contributed by atoms with Gasteiger partial charge in [0.1, 0.15) is 6.33 Å². The zero-order valence-corrected chi connectivity index (χ0v) is 4.74. The molecule has 0 aliphatic rings. The van der Waals surface area contributed by atoms with Crippen LogP contribution in [0.5, 0.6) is 0 Å². The minimum Gasteiger partial charge on any atom is -0.261 e. The first kappa shape index (κ1) is 6.35. The molecule has 5 nitrogen and oxygen atoms in total. The molecule has 10 heavy (non-hydrogen) atoms. The average Bonchev–Trinajstić information content (AvgIpc) is 1.88. The Labute approximate surface area is 55.6 Å². The topological polar surface area (TPSA) is 74.5 Å². The quantitative estimate of drug-likeness (QED) is 0.434. The summed E-state index contributed by atoms with van der Waals surface area (Å²) in [5.41, 5.74) is 0. The van der Waals surface area contributed by atoms with Crippen LogP contribution >= 0.6 is 0 Å². The van der Waals surface area contributed by atoms with Crippen molar-refractivity contribution in [1.29, 1.82) is 5.26 Å². The van der Waals surface area contributed by atoms with Crippen molar-refractivity contribution in [2.24, 2.45) is 0 Å². The Kier molecular flexibility index (Phi) is 1.70. The number of nitriles is 1.